The molecule has 1 atom stereocenters. The molecule has 2 aromatic carbocycles. The van der Waals surface area contributed by atoms with Gasteiger partial charge in [-0.05, 0) is 54.2 Å². The Kier molecular flexibility index (Phi) is 8.26. The number of benzene rings is 2. The number of halogens is 3. The second-order valence-corrected chi connectivity index (χ2v) is 10.0. The number of amides is 2. The number of anilines is 1. The Bertz CT molecular complexity index is 1200. The molecule has 0 saturated heterocycles. The van der Waals surface area contributed by atoms with Crippen LogP contribution in [0, 0.1) is 5.82 Å². The van der Waals surface area contributed by atoms with Gasteiger partial charge >= 0.3 is 0 Å². The van der Waals surface area contributed by atoms with Crippen molar-refractivity contribution in [3.63, 3.8) is 0 Å². The molecule has 1 N–H and O–H groups in total. The van der Waals surface area contributed by atoms with Gasteiger partial charge in [0.15, 0.2) is 5.69 Å². The van der Waals surface area contributed by atoms with Crippen LogP contribution in [0.3, 0.4) is 0 Å². The highest BCUT2D eigenvalue weighted by Gasteiger charge is 2.37. The highest BCUT2D eigenvalue weighted by atomic mass is 35.5. The number of nitrogens with zero attached hydrogens (tertiary/aromatic N) is 2. The highest BCUT2D eigenvalue weighted by Crippen LogP contribution is 2.36. The minimum absolute atomic E-state index is 0.0214. The number of rotatable bonds is 7. The van der Waals surface area contributed by atoms with E-state index in [1.807, 2.05) is 0 Å². The summed E-state index contributed by atoms with van der Waals surface area (Å²) in [4.78, 5) is 28.7. The maximum Gasteiger partial charge on any atom is 0.280 e. The van der Waals surface area contributed by atoms with E-state index in [-0.39, 0.29) is 26.8 Å². The Balaban J connectivity index is 1.83. The van der Waals surface area contributed by atoms with E-state index in [0.717, 1.165) is 48.5 Å². The van der Waals surface area contributed by atoms with E-state index in [0.29, 0.717) is 11.3 Å². The van der Waals surface area contributed by atoms with Gasteiger partial charge in [-0.15, -0.1) is 0 Å². The van der Waals surface area contributed by atoms with Gasteiger partial charge in [0.1, 0.15) is 27.0 Å². The molecule has 0 bridgehead atoms. The molecule has 1 aromatic heterocycles. The number of para-hydroxylation sites is 1. The second-order valence-electron chi connectivity index (χ2n) is 8.26. The maximum absolute atomic E-state index is 15.1. The van der Waals surface area contributed by atoms with Crippen LogP contribution in [0.5, 0.6) is 5.75 Å². The SMILES string of the molecule is COc1ccc([C@H](C(=O)NC2CCCCC2)N(C(=O)c2nsc(Cl)c2Cl)c2ccccc2F)cc1. The smallest absolute Gasteiger partial charge is 0.280 e. The van der Waals surface area contributed by atoms with E-state index < -0.39 is 23.7 Å². The lowest BCUT2D eigenvalue weighted by molar-refractivity contribution is -0.123. The Morgan fingerprint density at radius 1 is 1.11 bits per heavy atom. The van der Waals surface area contributed by atoms with Crippen LogP contribution in [0.4, 0.5) is 10.1 Å². The molecule has 0 unspecified atom stereocenters. The van der Waals surface area contributed by atoms with Crippen LogP contribution in [-0.2, 0) is 4.79 Å². The summed E-state index contributed by atoms with van der Waals surface area (Å²) in [6.07, 6.45) is 4.85. The number of hydrogen-bond donors (Lipinski definition) is 1. The molecule has 0 aliphatic heterocycles. The first-order chi connectivity index (χ1) is 16.9. The molecule has 1 aliphatic carbocycles. The van der Waals surface area contributed by atoms with E-state index >= 15 is 4.39 Å². The molecular formula is C25H24Cl2FN3O3S. The first-order valence-corrected chi connectivity index (χ1v) is 12.8. The van der Waals surface area contributed by atoms with Crippen LogP contribution >= 0.6 is 34.7 Å². The Hall–Kier alpha value is -2.68. The summed E-state index contributed by atoms with van der Waals surface area (Å²) in [6, 6.07) is 11.3. The Labute approximate surface area is 217 Å². The van der Waals surface area contributed by atoms with Crippen molar-refractivity contribution < 1.29 is 18.7 Å². The van der Waals surface area contributed by atoms with Crippen molar-refractivity contribution in [3.05, 3.63) is 75.0 Å². The van der Waals surface area contributed by atoms with Crippen LogP contribution in [0.2, 0.25) is 9.36 Å². The van der Waals surface area contributed by atoms with E-state index in [2.05, 4.69) is 9.69 Å². The highest BCUT2D eigenvalue weighted by molar-refractivity contribution is 7.11. The van der Waals surface area contributed by atoms with Crippen molar-refractivity contribution in [2.24, 2.45) is 0 Å². The van der Waals surface area contributed by atoms with Gasteiger partial charge in [-0.3, -0.25) is 14.5 Å². The van der Waals surface area contributed by atoms with Crippen LogP contribution in [0.25, 0.3) is 0 Å². The lowest BCUT2D eigenvalue weighted by atomic mass is 9.94. The van der Waals surface area contributed by atoms with Gasteiger partial charge in [-0.1, -0.05) is 66.7 Å². The summed E-state index contributed by atoms with van der Waals surface area (Å²) >= 11 is 13.2. The molecule has 2 amide bonds. The molecule has 184 valence electrons. The van der Waals surface area contributed by atoms with E-state index in [4.69, 9.17) is 27.9 Å². The third-order valence-electron chi connectivity index (χ3n) is 6.02. The number of methoxy groups -OCH3 is 1. The summed E-state index contributed by atoms with van der Waals surface area (Å²) in [7, 11) is 1.53. The lowest BCUT2D eigenvalue weighted by Gasteiger charge is -2.33. The summed E-state index contributed by atoms with van der Waals surface area (Å²) < 4.78 is 24.6. The van der Waals surface area contributed by atoms with Crippen LogP contribution in [-0.4, -0.2) is 29.3 Å². The lowest BCUT2D eigenvalue weighted by Crippen LogP contribution is -2.47. The van der Waals surface area contributed by atoms with Gasteiger partial charge < -0.3 is 10.1 Å². The normalized spacial score (nSPS) is 14.9. The number of hydrogen-bond acceptors (Lipinski definition) is 5. The number of nitrogens with one attached hydrogen (secondary N) is 1. The zero-order valence-electron chi connectivity index (χ0n) is 19.0. The first-order valence-electron chi connectivity index (χ1n) is 11.2. The molecule has 6 nitrogen and oxygen atoms in total. The minimum Gasteiger partial charge on any atom is -0.497 e. The van der Waals surface area contributed by atoms with Gasteiger partial charge in [-0.2, -0.15) is 4.37 Å². The number of aromatic nitrogens is 1. The third-order valence-corrected chi connectivity index (χ3v) is 7.63. The van der Waals surface area contributed by atoms with Crippen molar-refractivity contribution in [2.45, 2.75) is 44.2 Å². The van der Waals surface area contributed by atoms with Crippen molar-refractivity contribution in [1.29, 1.82) is 0 Å². The predicted molar refractivity (Wildman–Crippen MR) is 136 cm³/mol. The molecule has 35 heavy (non-hydrogen) atoms. The molecule has 0 spiro atoms. The molecule has 0 radical (unpaired) electrons. The van der Waals surface area contributed by atoms with E-state index in [1.54, 1.807) is 30.3 Å². The van der Waals surface area contributed by atoms with Crippen molar-refractivity contribution in [2.75, 3.05) is 12.0 Å². The zero-order chi connectivity index (χ0) is 24.9. The fourth-order valence-electron chi connectivity index (χ4n) is 4.25. The summed E-state index contributed by atoms with van der Waals surface area (Å²) in [6.45, 7) is 0. The van der Waals surface area contributed by atoms with Crippen molar-refractivity contribution >= 4 is 52.2 Å². The fraction of sp³-hybridized carbons (Fsp3) is 0.320. The van der Waals surface area contributed by atoms with E-state index in [9.17, 15) is 9.59 Å². The van der Waals surface area contributed by atoms with Gasteiger partial charge in [0.2, 0.25) is 5.91 Å². The average Bonchev–Trinajstić information content (AvgIpc) is 3.21. The first kappa shape index (κ1) is 25.4. The molecule has 1 saturated carbocycles. The zero-order valence-corrected chi connectivity index (χ0v) is 21.3. The minimum atomic E-state index is -1.19. The van der Waals surface area contributed by atoms with Gasteiger partial charge in [-0.25, -0.2) is 4.39 Å². The number of ether oxygens (including phenoxy) is 1. The maximum atomic E-state index is 15.1. The van der Waals surface area contributed by atoms with E-state index in [1.165, 1.54) is 25.3 Å². The summed E-state index contributed by atoms with van der Waals surface area (Å²) in [5.41, 5.74) is 0.263. The third kappa shape index (κ3) is 5.60. The Morgan fingerprint density at radius 2 is 1.80 bits per heavy atom. The number of carbonyl (C=O) groups is 2. The summed E-state index contributed by atoms with van der Waals surface area (Å²) in [5, 5.41) is 3.04. The van der Waals surface area contributed by atoms with Gasteiger partial charge in [0, 0.05) is 6.04 Å². The standard InChI is InChI=1S/C25H24Cl2FN3O3S/c1-34-17-13-11-15(12-14-17)22(24(32)29-16-7-3-2-4-8-16)31(19-10-6-5-9-18(19)28)25(33)21-20(26)23(27)35-30-21/h5-6,9-14,16,22H,2-4,7-8H2,1H3,(H,29,32)/t22-/m1/s1. The molecule has 1 aliphatic rings. The number of carbonyl (C=O) groups excluding carboxylic acids is 2. The van der Waals surface area contributed by atoms with Crippen molar-refractivity contribution in [3.8, 4) is 5.75 Å². The fourth-order valence-corrected chi connectivity index (χ4v) is 5.24. The molecule has 3 aromatic rings. The summed E-state index contributed by atoms with van der Waals surface area (Å²) in [5.74, 6) is -1.24. The van der Waals surface area contributed by atoms with Gasteiger partial charge in [0.25, 0.3) is 5.91 Å². The molecule has 1 heterocycles. The van der Waals surface area contributed by atoms with Crippen LogP contribution in [0.1, 0.15) is 54.2 Å². The topological polar surface area (TPSA) is 71.5 Å². The monoisotopic (exact) mass is 535 g/mol. The van der Waals surface area contributed by atoms with Crippen molar-refractivity contribution in [1.82, 2.24) is 9.69 Å². The van der Waals surface area contributed by atoms with Gasteiger partial charge in [0.05, 0.1) is 12.8 Å². The Morgan fingerprint density at radius 3 is 2.40 bits per heavy atom. The largest absolute Gasteiger partial charge is 0.497 e. The van der Waals surface area contributed by atoms with Crippen LogP contribution in [0.15, 0.2) is 48.5 Å². The molecular weight excluding hydrogens is 512 g/mol. The van der Waals surface area contributed by atoms with Crippen LogP contribution < -0.4 is 15.0 Å². The molecule has 1 fully saturated rings. The average molecular weight is 536 g/mol. The second kappa shape index (κ2) is 11.4. The predicted octanol–water partition coefficient (Wildman–Crippen LogP) is 6.43. The molecule has 4 rings (SSSR count). The molecule has 10 heteroatoms. The quantitative estimate of drug-likeness (QED) is 0.378.